The van der Waals surface area contributed by atoms with E-state index in [1.165, 1.54) is 0 Å². The standard InChI is InChI=1S/C9H16O2.C7H4/c1-8(10)6-4-3-5-7-9(2)11;1-3-5-7-6-4-2/h3-7H2,1-2H3;1H,2H3. The van der Waals surface area contributed by atoms with Gasteiger partial charge < -0.3 is 9.59 Å². The maximum atomic E-state index is 10.5. The summed E-state index contributed by atoms with van der Waals surface area (Å²) in [6.07, 6.45) is 8.97. The summed E-state index contributed by atoms with van der Waals surface area (Å²) in [6, 6.07) is 0. The Balaban J connectivity index is 0. The molecule has 0 amide bonds. The summed E-state index contributed by atoms with van der Waals surface area (Å²) in [5, 5.41) is 0. The molecule has 2 heteroatoms. The lowest BCUT2D eigenvalue weighted by atomic mass is 10.1. The number of terminal acetylenes is 1. The summed E-state index contributed by atoms with van der Waals surface area (Å²) in [5.74, 6) is 12.5. The molecule has 0 aromatic heterocycles. The minimum atomic E-state index is 0.243. The molecule has 18 heavy (non-hydrogen) atoms. The van der Waals surface area contributed by atoms with Crippen molar-refractivity contribution in [3.8, 4) is 36.0 Å². The Morgan fingerprint density at radius 1 is 0.889 bits per heavy atom. The van der Waals surface area contributed by atoms with Gasteiger partial charge in [0.25, 0.3) is 0 Å². The first kappa shape index (κ1) is 18.4. The highest BCUT2D eigenvalue weighted by Gasteiger charge is 1.95. The molecule has 0 N–H and O–H groups in total. The summed E-state index contributed by atoms with van der Waals surface area (Å²) >= 11 is 0. The number of hydrogen-bond donors (Lipinski definition) is 0. The summed E-state index contributed by atoms with van der Waals surface area (Å²) in [7, 11) is 0. The quantitative estimate of drug-likeness (QED) is 0.532. The highest BCUT2D eigenvalue weighted by Crippen LogP contribution is 2.03. The number of unbranched alkanes of at least 4 members (excludes halogenated alkanes) is 2. The number of carbonyl (C=O) groups is 2. The molecule has 0 aromatic carbocycles. The minimum absolute atomic E-state index is 0.243. The van der Waals surface area contributed by atoms with Crippen molar-refractivity contribution in [3.63, 3.8) is 0 Å². The van der Waals surface area contributed by atoms with E-state index in [0.29, 0.717) is 12.8 Å². The average molecular weight is 244 g/mol. The number of ketones is 2. The normalized spacial score (nSPS) is 7.22. The van der Waals surface area contributed by atoms with Gasteiger partial charge in [0.15, 0.2) is 0 Å². The van der Waals surface area contributed by atoms with E-state index in [4.69, 9.17) is 6.42 Å². The molecule has 0 radical (unpaired) electrons. The molecule has 0 spiro atoms. The van der Waals surface area contributed by atoms with Gasteiger partial charge in [-0.05, 0) is 57.3 Å². The van der Waals surface area contributed by atoms with Gasteiger partial charge in [-0.1, -0.05) is 12.3 Å². The van der Waals surface area contributed by atoms with Crippen LogP contribution in [0.3, 0.4) is 0 Å². The molecule has 0 unspecified atom stereocenters. The lowest BCUT2D eigenvalue weighted by molar-refractivity contribution is -0.117. The van der Waals surface area contributed by atoms with Gasteiger partial charge in [0.2, 0.25) is 0 Å². The SMILES string of the molecule is C#CC#CC#CC.CC(=O)CCCCCC(C)=O. The Hall–Kier alpha value is -1.98. The minimum Gasteiger partial charge on any atom is -0.300 e. The molecular formula is C16H20O2. The molecule has 0 atom stereocenters. The van der Waals surface area contributed by atoms with E-state index < -0.39 is 0 Å². The van der Waals surface area contributed by atoms with Gasteiger partial charge in [0, 0.05) is 12.8 Å². The zero-order valence-electron chi connectivity index (χ0n) is 11.4. The van der Waals surface area contributed by atoms with E-state index in [-0.39, 0.29) is 11.6 Å². The van der Waals surface area contributed by atoms with Gasteiger partial charge in [0.1, 0.15) is 11.6 Å². The Morgan fingerprint density at radius 3 is 1.72 bits per heavy atom. The molecule has 0 aliphatic rings. The van der Waals surface area contributed by atoms with Crippen LogP contribution in [0.4, 0.5) is 0 Å². The molecular weight excluding hydrogens is 224 g/mol. The lowest BCUT2D eigenvalue weighted by Gasteiger charge is -1.95. The lowest BCUT2D eigenvalue weighted by Crippen LogP contribution is -1.92. The second-order valence-corrected chi connectivity index (χ2v) is 3.73. The third kappa shape index (κ3) is 23.7. The van der Waals surface area contributed by atoms with Gasteiger partial charge in [-0.15, -0.1) is 6.42 Å². The number of rotatable bonds is 6. The first-order valence-electron chi connectivity index (χ1n) is 5.90. The first-order valence-corrected chi connectivity index (χ1v) is 5.90. The Bertz CT molecular complexity index is 386. The highest BCUT2D eigenvalue weighted by molar-refractivity contribution is 5.75. The van der Waals surface area contributed by atoms with E-state index in [0.717, 1.165) is 19.3 Å². The summed E-state index contributed by atoms with van der Waals surface area (Å²) in [6.45, 7) is 4.92. The Morgan fingerprint density at radius 2 is 1.39 bits per heavy atom. The van der Waals surface area contributed by atoms with Gasteiger partial charge in [-0.2, -0.15) is 0 Å². The second kappa shape index (κ2) is 15.0. The molecule has 0 aliphatic carbocycles. The zero-order valence-corrected chi connectivity index (χ0v) is 11.4. The van der Waals surface area contributed by atoms with E-state index >= 15 is 0 Å². The zero-order chi connectivity index (χ0) is 14.2. The van der Waals surface area contributed by atoms with Crippen LogP contribution < -0.4 is 0 Å². The molecule has 0 aromatic rings. The average Bonchev–Trinajstić information content (AvgIpc) is 2.29. The molecule has 0 saturated heterocycles. The molecule has 0 aliphatic heterocycles. The third-order valence-electron chi connectivity index (χ3n) is 1.88. The van der Waals surface area contributed by atoms with Crippen molar-refractivity contribution in [2.45, 2.75) is 52.9 Å². The number of Topliss-reactive ketones (excluding diaryl/α,β-unsaturated/α-hetero) is 2. The van der Waals surface area contributed by atoms with Crippen LogP contribution in [0, 0.1) is 36.0 Å². The molecule has 0 heterocycles. The van der Waals surface area contributed by atoms with Crippen LogP contribution in [-0.2, 0) is 9.59 Å². The van der Waals surface area contributed by atoms with Crippen molar-refractivity contribution in [3.05, 3.63) is 0 Å². The predicted octanol–water partition coefficient (Wildman–Crippen LogP) is 2.76. The molecule has 96 valence electrons. The van der Waals surface area contributed by atoms with Crippen molar-refractivity contribution in [1.82, 2.24) is 0 Å². The third-order valence-corrected chi connectivity index (χ3v) is 1.88. The molecule has 0 bridgehead atoms. The maximum absolute atomic E-state index is 10.5. The van der Waals surface area contributed by atoms with Gasteiger partial charge in [-0.3, -0.25) is 0 Å². The van der Waals surface area contributed by atoms with Crippen molar-refractivity contribution < 1.29 is 9.59 Å². The summed E-state index contributed by atoms with van der Waals surface area (Å²) in [5.41, 5.74) is 0. The van der Waals surface area contributed by atoms with E-state index in [2.05, 4.69) is 29.6 Å². The fraction of sp³-hybridized carbons (Fsp3) is 0.500. The van der Waals surface area contributed by atoms with Gasteiger partial charge in [0.05, 0.1) is 0 Å². The van der Waals surface area contributed by atoms with Crippen LogP contribution in [0.25, 0.3) is 0 Å². The van der Waals surface area contributed by atoms with Crippen LogP contribution in [0.15, 0.2) is 0 Å². The molecule has 0 fully saturated rings. The smallest absolute Gasteiger partial charge is 0.129 e. The van der Waals surface area contributed by atoms with Crippen LogP contribution in [0.1, 0.15) is 52.9 Å². The molecule has 2 nitrogen and oxygen atoms in total. The van der Waals surface area contributed by atoms with E-state index in [1.54, 1.807) is 20.8 Å². The second-order valence-electron chi connectivity index (χ2n) is 3.73. The monoisotopic (exact) mass is 244 g/mol. The molecule has 0 saturated carbocycles. The summed E-state index contributed by atoms with van der Waals surface area (Å²) in [4.78, 5) is 20.9. The van der Waals surface area contributed by atoms with Crippen LogP contribution >= 0.6 is 0 Å². The topological polar surface area (TPSA) is 34.1 Å². The van der Waals surface area contributed by atoms with Gasteiger partial charge in [-0.25, -0.2) is 0 Å². The Kier molecular flexibility index (Phi) is 15.3. The van der Waals surface area contributed by atoms with Crippen molar-refractivity contribution in [2.75, 3.05) is 0 Å². The van der Waals surface area contributed by atoms with Crippen molar-refractivity contribution >= 4 is 11.6 Å². The Labute approximate surface area is 111 Å². The van der Waals surface area contributed by atoms with E-state index in [1.807, 2.05) is 0 Å². The number of carbonyl (C=O) groups excluding carboxylic acids is 2. The fourth-order valence-electron chi connectivity index (χ4n) is 1.05. The summed E-state index contributed by atoms with van der Waals surface area (Å²) < 4.78 is 0. The maximum Gasteiger partial charge on any atom is 0.129 e. The highest BCUT2D eigenvalue weighted by atomic mass is 16.1. The number of hydrogen-bond acceptors (Lipinski definition) is 2. The molecule has 0 rings (SSSR count). The van der Waals surface area contributed by atoms with Crippen molar-refractivity contribution in [2.24, 2.45) is 0 Å². The first-order chi connectivity index (χ1) is 8.54. The van der Waals surface area contributed by atoms with E-state index in [9.17, 15) is 9.59 Å². The van der Waals surface area contributed by atoms with Crippen LogP contribution in [-0.4, -0.2) is 11.6 Å². The van der Waals surface area contributed by atoms with Crippen molar-refractivity contribution in [1.29, 1.82) is 0 Å². The van der Waals surface area contributed by atoms with Crippen LogP contribution in [0.2, 0.25) is 0 Å². The largest absolute Gasteiger partial charge is 0.300 e. The predicted molar refractivity (Wildman–Crippen MR) is 74.5 cm³/mol. The fourth-order valence-corrected chi connectivity index (χ4v) is 1.05. The van der Waals surface area contributed by atoms with Crippen LogP contribution in [0.5, 0.6) is 0 Å². The van der Waals surface area contributed by atoms with Gasteiger partial charge >= 0.3 is 0 Å².